The zero-order valence-corrected chi connectivity index (χ0v) is 62.5. The number of anilines is 6. The van der Waals surface area contributed by atoms with Gasteiger partial charge in [-0.05, 0) is 205 Å². The summed E-state index contributed by atoms with van der Waals surface area (Å²) in [7, 11) is 0. The molecule has 0 saturated heterocycles. The zero-order valence-electron chi connectivity index (χ0n) is 78.5. The molecule has 16 aromatic carbocycles. The Morgan fingerprint density at radius 3 is 1.18 bits per heavy atom. The van der Waals surface area contributed by atoms with E-state index >= 15 is 0 Å². The molecule has 0 fully saturated rings. The highest BCUT2D eigenvalue weighted by molar-refractivity contribution is 7.00. The van der Waals surface area contributed by atoms with Gasteiger partial charge in [0.2, 0.25) is 0 Å². The van der Waals surface area contributed by atoms with Crippen LogP contribution in [0.15, 0.2) is 351 Å². The van der Waals surface area contributed by atoms with E-state index in [9.17, 15) is 24.5 Å². The predicted molar refractivity (Wildman–Crippen MR) is 476 cm³/mol. The number of hydrogen-bond donors (Lipinski definition) is 0. The van der Waals surface area contributed by atoms with Crippen LogP contribution >= 0.6 is 0 Å². The summed E-state index contributed by atoms with van der Waals surface area (Å²) in [6.07, 6.45) is 0. The minimum atomic E-state index is -0.875. The Morgan fingerprint density at radius 1 is 0.274 bits per heavy atom. The average molecular weight is 1460 g/mol. The maximum absolute atomic E-state index is 12.4. The molecule has 0 atom stereocenters. The molecule has 6 heterocycles. The van der Waals surface area contributed by atoms with Gasteiger partial charge in [0.15, 0.2) is 0 Å². The molecule has 0 bridgehead atoms. The van der Waals surface area contributed by atoms with Gasteiger partial charge in [-0.25, -0.2) is 0 Å². The van der Waals surface area contributed by atoms with E-state index in [-0.39, 0.29) is 71.4 Å². The standard InChI is InChI=1S/C105H76BN7/c1-104(2,3)73-44-52-95-86(58-73)87-59-74(105(4,5)6)45-53-96(87)109(95)77-48-51-89-100(62-77)113(97-60-75(46-42-70(97)65-107)110-92-39-23-20-36-84(92)85-49-43-69(57-98(85)110)66-26-10-7-11-27-66)102-64-79(111-93-40-24-18-34-82(93)83-35-19-25-41-94(83)111)63-101-103(102)106(89)88-50-47-76(108-90-37-21-16-32-80(90)81-33-17-22-38-91(81)108)61-99(88)112(101)78-55-71(67-28-12-8-13-29-67)54-72(56-78)68-30-14-9-15-31-68/h7-64H,1-6H3/i16D,17D,18D,19D,21D,22D,24D,25D,32D,33D,34D,35D,37D,38D,40D,41D. The van der Waals surface area contributed by atoms with Crippen molar-refractivity contribution in [3.63, 3.8) is 0 Å². The molecule has 7 nitrogen and oxygen atoms in total. The van der Waals surface area contributed by atoms with E-state index in [1.807, 2.05) is 140 Å². The van der Waals surface area contributed by atoms with Crippen molar-refractivity contribution in [3.05, 3.63) is 368 Å². The van der Waals surface area contributed by atoms with E-state index in [2.05, 4.69) is 182 Å². The van der Waals surface area contributed by atoms with Gasteiger partial charge in [0.25, 0.3) is 6.71 Å². The van der Waals surface area contributed by atoms with E-state index in [4.69, 9.17) is 2.74 Å². The largest absolute Gasteiger partial charge is 0.311 e. The highest BCUT2D eigenvalue weighted by Gasteiger charge is 2.45. The van der Waals surface area contributed by atoms with E-state index < -0.39 is 103 Å². The number of nitriles is 1. The molecule has 0 N–H and O–H groups in total. The Labute approximate surface area is 679 Å². The van der Waals surface area contributed by atoms with Crippen molar-refractivity contribution < 1.29 is 21.9 Å². The van der Waals surface area contributed by atoms with Gasteiger partial charge in [-0.3, -0.25) is 0 Å². The van der Waals surface area contributed by atoms with Gasteiger partial charge in [0.05, 0.1) is 83.0 Å². The van der Waals surface area contributed by atoms with Gasteiger partial charge in [0, 0.05) is 88.6 Å². The van der Waals surface area contributed by atoms with Gasteiger partial charge >= 0.3 is 0 Å². The first-order valence-electron chi connectivity index (χ1n) is 46.0. The first-order valence-corrected chi connectivity index (χ1v) is 38.0. The van der Waals surface area contributed by atoms with Crippen molar-refractivity contribution in [2.45, 2.75) is 52.4 Å². The molecule has 0 amide bonds. The first kappa shape index (κ1) is 51.3. The molecule has 113 heavy (non-hydrogen) atoms. The van der Waals surface area contributed by atoms with E-state index in [0.717, 1.165) is 99.3 Å². The van der Waals surface area contributed by atoms with Crippen LogP contribution in [-0.2, 0) is 10.8 Å². The third kappa shape index (κ3) is 10.2. The number of aromatic nitrogens is 4. The predicted octanol–water partition coefficient (Wildman–Crippen LogP) is 25.6. The lowest BCUT2D eigenvalue weighted by molar-refractivity contribution is 0.590. The third-order valence-electron chi connectivity index (χ3n) is 23.1. The number of hydrogen-bond acceptors (Lipinski definition) is 3. The Balaban J connectivity index is 0.944. The fraction of sp³-hybridized carbons (Fsp3) is 0.0762. The van der Waals surface area contributed by atoms with E-state index in [1.165, 1.54) is 9.13 Å². The maximum Gasteiger partial charge on any atom is 0.252 e. The highest BCUT2D eigenvalue weighted by Crippen LogP contribution is 2.51. The summed E-state index contributed by atoms with van der Waals surface area (Å²) in [5.74, 6) is 0. The lowest BCUT2D eigenvalue weighted by atomic mass is 9.33. The number of fused-ring (bicyclic) bond motifs is 16. The number of para-hydroxylation sites is 5. The smallest absolute Gasteiger partial charge is 0.252 e. The molecule has 8 heteroatoms. The molecule has 0 radical (unpaired) electrons. The van der Waals surface area contributed by atoms with Gasteiger partial charge in [-0.15, -0.1) is 0 Å². The molecule has 0 saturated carbocycles. The van der Waals surface area contributed by atoms with E-state index in [1.54, 1.807) is 0 Å². The molecule has 0 unspecified atom stereocenters. The van der Waals surface area contributed by atoms with Crippen molar-refractivity contribution >= 4 is 144 Å². The van der Waals surface area contributed by atoms with Crippen LogP contribution in [0.25, 0.3) is 143 Å². The minimum absolute atomic E-state index is 0.109. The van der Waals surface area contributed by atoms with Crippen LogP contribution in [0.5, 0.6) is 0 Å². The summed E-state index contributed by atoms with van der Waals surface area (Å²) < 4.78 is 162. The molecule has 22 rings (SSSR count). The van der Waals surface area contributed by atoms with Gasteiger partial charge in [0.1, 0.15) is 6.07 Å². The molecule has 4 aromatic heterocycles. The quantitative estimate of drug-likeness (QED) is 0.135. The molecule has 0 spiro atoms. The molecular formula is C105H76BN7. The SMILES string of the molecule is [2H]c1c([2H])c([2H])c2c(c1[2H])c1c([2H])c([2H])c([2H])c([2H])c1n2-c1ccc2c(c1)N(c1cc(-c3ccccc3)cc(-c3ccccc3)c1)c1cc(-n3c4c([2H])c([2H])c([2H])c([2H])c4c4c([2H])c([2H])c([2H])c([2H])c43)cc3c1B2c1ccc(-n2c4ccc(C(C)(C)C)cc4c4cc(C(C)(C)C)ccc42)cc1N3c1cc(-n2c3ccccc3c3ccc(-c4ccccc4)cc32)ccc1C#N. The lowest BCUT2D eigenvalue weighted by Gasteiger charge is -2.45. The second-order valence-corrected chi connectivity index (χ2v) is 31.6. The van der Waals surface area contributed by atoms with Crippen LogP contribution in [0.3, 0.4) is 0 Å². The Bertz CT molecular complexity index is 8170. The van der Waals surface area contributed by atoms with Crippen molar-refractivity contribution in [3.8, 4) is 62.2 Å². The fourth-order valence-corrected chi connectivity index (χ4v) is 17.8. The van der Waals surface area contributed by atoms with Crippen molar-refractivity contribution in [1.29, 1.82) is 5.26 Å². The van der Waals surface area contributed by atoms with Gasteiger partial charge in [-0.2, -0.15) is 5.26 Å². The summed E-state index contributed by atoms with van der Waals surface area (Å²) in [6.45, 7) is 12.4. The van der Waals surface area contributed by atoms with Crippen LogP contribution in [0, 0.1) is 11.3 Å². The fourth-order valence-electron chi connectivity index (χ4n) is 17.8. The molecular weight excluding hydrogens is 1370 g/mol. The molecule has 20 aromatic rings. The van der Waals surface area contributed by atoms with Crippen LogP contribution in [0.2, 0.25) is 0 Å². The minimum Gasteiger partial charge on any atom is -0.311 e. The summed E-state index contributed by atoms with van der Waals surface area (Å²) in [6, 6.07) is 79.5. The van der Waals surface area contributed by atoms with Crippen molar-refractivity contribution in [2.75, 3.05) is 9.80 Å². The average Bonchev–Trinajstić information content (AvgIpc) is 1.67. The van der Waals surface area contributed by atoms with E-state index in [0.29, 0.717) is 50.7 Å². The Morgan fingerprint density at radius 2 is 0.673 bits per heavy atom. The summed E-state index contributed by atoms with van der Waals surface area (Å²) in [5.41, 5.74) is 16.9. The molecule has 0 aliphatic carbocycles. The molecule has 534 valence electrons. The third-order valence-corrected chi connectivity index (χ3v) is 23.1. The van der Waals surface area contributed by atoms with Crippen molar-refractivity contribution in [1.82, 2.24) is 18.3 Å². The first-order chi connectivity index (χ1) is 61.9. The van der Waals surface area contributed by atoms with Gasteiger partial charge in [-0.1, -0.05) is 260 Å². The van der Waals surface area contributed by atoms with Gasteiger partial charge < -0.3 is 28.1 Å². The second kappa shape index (κ2) is 24.9. The number of rotatable bonds is 9. The maximum atomic E-state index is 12.4. The summed E-state index contributed by atoms with van der Waals surface area (Å²) in [4.78, 5) is 4.18. The van der Waals surface area contributed by atoms with Crippen LogP contribution in [0.1, 0.15) is 80.2 Å². The zero-order chi connectivity index (χ0) is 89.6. The summed E-state index contributed by atoms with van der Waals surface area (Å²) >= 11 is 0. The number of nitrogens with zero attached hydrogens (tertiary/aromatic N) is 7. The number of benzene rings is 16. The van der Waals surface area contributed by atoms with Crippen LogP contribution in [-0.4, -0.2) is 25.0 Å². The molecule has 2 aliphatic heterocycles. The summed E-state index contributed by atoms with van der Waals surface area (Å²) in [5, 5.41) is 15.8. The van der Waals surface area contributed by atoms with Crippen LogP contribution in [0.4, 0.5) is 34.1 Å². The Hall–Kier alpha value is -14.1. The Kier molecular flexibility index (Phi) is 11.3. The van der Waals surface area contributed by atoms with Crippen molar-refractivity contribution in [2.24, 2.45) is 0 Å². The lowest BCUT2D eigenvalue weighted by Crippen LogP contribution is -2.61. The topological polar surface area (TPSA) is 50.0 Å². The highest BCUT2D eigenvalue weighted by atomic mass is 15.2. The normalized spacial score (nSPS) is 14.8. The molecule has 2 aliphatic rings. The monoisotopic (exact) mass is 1460 g/mol. The second-order valence-electron chi connectivity index (χ2n) is 31.6. The van der Waals surface area contributed by atoms with Crippen LogP contribution < -0.4 is 26.2 Å².